The second-order valence-corrected chi connectivity index (χ2v) is 32.4. The first-order valence-electron chi connectivity index (χ1n) is 26.6. The fourth-order valence-corrected chi connectivity index (χ4v) is 14.3. The molecule has 21 nitrogen and oxygen atoms in total. The van der Waals surface area contributed by atoms with E-state index < -0.39 is 106 Å². The largest absolute Gasteiger partial charge is 1.00 e. The van der Waals surface area contributed by atoms with Crippen LogP contribution in [0.2, 0.25) is 0 Å². The van der Waals surface area contributed by atoms with Gasteiger partial charge in [0.05, 0.1) is 18.3 Å². The molecule has 9 N–H and O–H groups in total. The van der Waals surface area contributed by atoms with E-state index in [0.717, 1.165) is 74.5 Å². The molecule has 0 aromatic heterocycles. The SMILES string of the molecule is CC(C)=CCC/C(C)=C/CC/C(C)=C/C(O)CCC(P(=O)(O)O)S(=O)(=O)[O-].CC(C)=CCC/C(C)=C/CC/C(C)=C/C(O)CCC(P(=O)(O)O)S(=O)(=O)[O-].CC(C)=CCC/C(C)=C/CC/C(C)=C/C(O)CCC(P(=O)(O)O)S(=O)(=O)[O-].[K+].[K+].[K+]. The third-order valence-corrected chi connectivity index (χ3v) is 22.6. The van der Waals surface area contributed by atoms with Crippen molar-refractivity contribution in [3.8, 4) is 0 Å². The minimum absolute atomic E-state index is 0. The summed E-state index contributed by atoms with van der Waals surface area (Å²) >= 11 is 0. The van der Waals surface area contributed by atoms with Crippen LogP contribution in [0.25, 0.3) is 0 Å². The zero-order valence-electron chi connectivity index (χ0n) is 52.4. The van der Waals surface area contributed by atoms with Gasteiger partial charge in [-0.15, -0.1) is 0 Å². The molecule has 0 aliphatic heterocycles. The quantitative estimate of drug-likeness (QED) is 0.0187. The molecule has 0 aromatic carbocycles. The Morgan fingerprint density at radius 2 is 0.500 bits per heavy atom. The summed E-state index contributed by atoms with van der Waals surface area (Å²) in [6.45, 7) is 24.0. The molecule has 0 saturated heterocycles. The third-order valence-electron chi connectivity index (χ3n) is 12.1. The van der Waals surface area contributed by atoms with Crippen LogP contribution in [0.5, 0.6) is 0 Å². The molecule has 0 saturated carbocycles. The van der Waals surface area contributed by atoms with Crippen LogP contribution in [0.15, 0.2) is 105 Å². The van der Waals surface area contributed by atoms with Crippen LogP contribution in [0.3, 0.4) is 0 Å². The minimum atomic E-state index is -5.14. The number of hydrogen-bond donors (Lipinski definition) is 9. The van der Waals surface area contributed by atoms with Crippen molar-refractivity contribution in [2.24, 2.45) is 0 Å². The predicted molar refractivity (Wildman–Crippen MR) is 319 cm³/mol. The molecule has 0 bridgehead atoms. The van der Waals surface area contributed by atoms with Gasteiger partial charge in [-0.25, -0.2) is 25.3 Å². The maximum atomic E-state index is 11.1. The molecule has 0 fully saturated rings. The first kappa shape index (κ1) is 97.7. The summed E-state index contributed by atoms with van der Waals surface area (Å²) < 4.78 is 132. The van der Waals surface area contributed by atoms with Gasteiger partial charge in [-0.05, 0) is 199 Å². The molecule has 0 heterocycles. The second kappa shape index (κ2) is 50.1. The van der Waals surface area contributed by atoms with E-state index in [2.05, 4.69) is 98.8 Å². The second-order valence-electron chi connectivity index (χ2n) is 21.3. The third kappa shape index (κ3) is 57.3. The predicted octanol–water partition coefficient (Wildman–Crippen LogP) is 1.80. The Morgan fingerprint density at radius 1 is 0.333 bits per heavy atom. The average molecular weight is 1390 g/mol. The maximum absolute atomic E-state index is 11.1. The molecule has 0 rings (SSSR count). The van der Waals surface area contributed by atoms with Gasteiger partial charge < -0.3 is 58.3 Å². The van der Waals surface area contributed by atoms with E-state index in [1.807, 2.05) is 20.8 Å². The Balaban J connectivity index is -0.000000267. The van der Waals surface area contributed by atoms with Gasteiger partial charge >= 0.3 is 177 Å². The van der Waals surface area contributed by atoms with Crippen molar-refractivity contribution < 1.29 is 251 Å². The van der Waals surface area contributed by atoms with Crippen molar-refractivity contribution in [1.29, 1.82) is 0 Å². The smallest absolute Gasteiger partial charge is 0.747 e. The van der Waals surface area contributed by atoms with Crippen molar-refractivity contribution in [3.05, 3.63) is 105 Å². The zero-order chi connectivity index (χ0) is 63.8. The van der Waals surface area contributed by atoms with Crippen LogP contribution in [-0.2, 0) is 44.0 Å². The summed E-state index contributed by atoms with van der Waals surface area (Å²) in [6, 6.07) is 0. The summed E-state index contributed by atoms with van der Waals surface area (Å²) in [4.78, 5) is 47.0. The molecule has 0 radical (unpaired) electrons. The molecule has 0 spiro atoms. The molecule has 0 aliphatic carbocycles. The number of rotatable bonds is 36. The van der Waals surface area contributed by atoms with Gasteiger partial charge in [0.25, 0.3) is 0 Å². The molecule has 84 heavy (non-hydrogen) atoms. The van der Waals surface area contributed by atoms with Crippen molar-refractivity contribution in [1.82, 2.24) is 0 Å². The Bertz CT molecular complexity index is 2400. The van der Waals surface area contributed by atoms with E-state index in [9.17, 15) is 67.9 Å². The number of aliphatic hydroxyl groups is 3. The van der Waals surface area contributed by atoms with Crippen molar-refractivity contribution in [2.75, 3.05) is 0 Å². The van der Waals surface area contributed by atoms with E-state index in [4.69, 9.17) is 29.4 Å². The van der Waals surface area contributed by atoms with Crippen LogP contribution in [0, 0.1) is 0 Å². The van der Waals surface area contributed by atoms with E-state index in [-0.39, 0.29) is 173 Å². The van der Waals surface area contributed by atoms with Crippen molar-refractivity contribution >= 4 is 53.1 Å². The molecule has 0 aliphatic rings. The standard InChI is InChI=1S/3C18H33O7PS.3K/c3*1-14(2)7-5-8-15(3)9-6-10-16(4)13-17(19)11-12-18(26(20,21)22)27(23,24)25;;;/h3*7,9,13,17-19H,5-6,8,10-12H2,1-4H3,(H2,20,21,22)(H,23,24,25);;;/q;;;3*+1/p-3/b3*15-9+,16-13+;;;. The summed E-state index contributed by atoms with van der Waals surface area (Å²) in [6.07, 6.45) is 22.4. The van der Waals surface area contributed by atoms with Crippen LogP contribution in [-0.4, -0.2) is 117 Å². The van der Waals surface area contributed by atoms with Crippen molar-refractivity contribution in [2.45, 2.75) is 232 Å². The van der Waals surface area contributed by atoms with Crippen LogP contribution >= 0.6 is 22.8 Å². The van der Waals surface area contributed by atoms with Gasteiger partial charge in [0.2, 0.25) is 0 Å². The molecular weight excluding hydrogens is 1290 g/mol. The van der Waals surface area contributed by atoms with Gasteiger partial charge in [0, 0.05) is 0 Å². The number of allylic oxidation sites excluding steroid dienone is 15. The Hall–Kier alpha value is 2.63. The fraction of sp³-hybridized carbons (Fsp3) is 0.667. The van der Waals surface area contributed by atoms with E-state index in [1.165, 1.54) is 51.7 Å². The van der Waals surface area contributed by atoms with Gasteiger partial charge in [-0.1, -0.05) is 105 Å². The Kier molecular flexibility index (Phi) is 58.3. The summed E-state index contributed by atoms with van der Waals surface area (Å²) in [5.74, 6) is 0. The first-order chi connectivity index (χ1) is 36.7. The number of aliphatic hydroxyl groups excluding tert-OH is 3. The van der Waals surface area contributed by atoms with Crippen molar-refractivity contribution in [3.63, 3.8) is 0 Å². The topological polar surface area (TPSA) is 405 Å². The van der Waals surface area contributed by atoms with Gasteiger partial charge in [0.1, 0.15) is 30.4 Å². The van der Waals surface area contributed by atoms with Gasteiger partial charge in [-0.2, -0.15) is 0 Å². The van der Waals surface area contributed by atoms with Crippen LogP contribution in [0.4, 0.5) is 0 Å². The summed E-state index contributed by atoms with van der Waals surface area (Å²) in [5.41, 5.74) is 10.4. The van der Waals surface area contributed by atoms with E-state index in [0.29, 0.717) is 19.3 Å². The van der Waals surface area contributed by atoms with Crippen LogP contribution < -0.4 is 154 Å². The Labute approximate surface area is 631 Å². The average Bonchev–Trinajstić information content (AvgIpc) is 3.23. The number of hydrogen-bond acceptors (Lipinski definition) is 15. The fourth-order valence-electron chi connectivity index (χ4n) is 7.58. The zero-order valence-corrected chi connectivity index (χ0v) is 66.9. The summed E-state index contributed by atoms with van der Waals surface area (Å²) in [7, 11) is -30.7. The summed E-state index contributed by atoms with van der Waals surface area (Å²) in [5, 5.41) is 29.8. The molecule has 0 aromatic rings. The monoisotopic (exact) mass is 1390 g/mol. The molecule has 6 atom stereocenters. The molecular formula is C54H96K3O21P3S3. The molecule has 6 unspecified atom stereocenters. The normalized spacial score (nSPS) is 15.6. The Morgan fingerprint density at radius 3 is 0.655 bits per heavy atom. The van der Waals surface area contributed by atoms with Gasteiger partial charge in [0.15, 0.2) is 15.0 Å². The van der Waals surface area contributed by atoms with E-state index >= 15 is 0 Å². The molecule has 0 amide bonds. The first-order valence-corrected chi connectivity index (χ1v) is 36.1. The van der Waals surface area contributed by atoms with E-state index in [1.54, 1.807) is 0 Å². The van der Waals surface area contributed by atoms with Gasteiger partial charge in [-0.3, -0.25) is 13.7 Å². The molecule has 474 valence electrons. The minimum Gasteiger partial charge on any atom is -0.747 e. The maximum Gasteiger partial charge on any atom is 1.00 e. The molecule has 30 heteroatoms. The van der Waals surface area contributed by atoms with Crippen LogP contribution in [0.1, 0.15) is 199 Å².